The molecule has 2 rings (SSSR count). The van der Waals surface area contributed by atoms with Crippen molar-refractivity contribution in [1.29, 1.82) is 0 Å². The summed E-state index contributed by atoms with van der Waals surface area (Å²) in [5.74, 6) is -1.05. The van der Waals surface area contributed by atoms with Crippen LogP contribution in [0.2, 0.25) is 0 Å². The molecule has 0 heterocycles. The minimum Gasteiger partial charge on any atom is -0.452 e. The summed E-state index contributed by atoms with van der Waals surface area (Å²) in [7, 11) is 0. The number of carbonyl (C=O) groups is 2. The fourth-order valence-corrected chi connectivity index (χ4v) is 2.07. The number of anilines is 1. The minimum atomic E-state index is -0.609. The van der Waals surface area contributed by atoms with Crippen LogP contribution in [0.4, 0.5) is 10.1 Å². The summed E-state index contributed by atoms with van der Waals surface area (Å²) in [6.45, 7) is 3.81. The fourth-order valence-electron chi connectivity index (χ4n) is 2.07. The van der Waals surface area contributed by atoms with Crippen LogP contribution in [0.15, 0.2) is 54.6 Å². The third-order valence-electron chi connectivity index (χ3n) is 3.49. The van der Waals surface area contributed by atoms with E-state index in [0.29, 0.717) is 11.6 Å². The molecule has 2 aromatic rings. The first-order valence-corrected chi connectivity index (χ1v) is 7.94. The van der Waals surface area contributed by atoms with E-state index in [0.717, 1.165) is 5.56 Å². The van der Waals surface area contributed by atoms with Crippen molar-refractivity contribution < 1.29 is 18.7 Å². The third kappa shape index (κ3) is 6.22. The number of rotatable bonds is 6. The monoisotopic (exact) mass is 341 g/mol. The number of ether oxygens (including phenoxy) is 1. The van der Waals surface area contributed by atoms with Gasteiger partial charge in [-0.25, -0.2) is 9.18 Å². The number of benzene rings is 2. The number of esters is 1. The molecule has 5 heteroatoms. The van der Waals surface area contributed by atoms with Crippen LogP contribution >= 0.6 is 0 Å². The van der Waals surface area contributed by atoms with E-state index in [9.17, 15) is 14.0 Å². The molecule has 0 aliphatic heterocycles. The van der Waals surface area contributed by atoms with Crippen LogP contribution in [0.5, 0.6) is 0 Å². The second kappa shape index (κ2) is 8.78. The highest BCUT2D eigenvalue weighted by molar-refractivity contribution is 5.94. The quantitative estimate of drug-likeness (QED) is 0.634. The second-order valence-corrected chi connectivity index (χ2v) is 5.82. The SMILES string of the molecule is CC(C)c1ccc(C=CC(=O)OCC(=O)Nc2ccc(F)cc2)cc1. The third-order valence-corrected chi connectivity index (χ3v) is 3.49. The molecule has 1 N–H and O–H groups in total. The van der Waals surface area contributed by atoms with Crippen LogP contribution in [-0.2, 0) is 14.3 Å². The van der Waals surface area contributed by atoms with Gasteiger partial charge in [-0.2, -0.15) is 0 Å². The molecule has 2 aromatic carbocycles. The molecule has 0 bridgehead atoms. The molecule has 0 saturated carbocycles. The molecule has 0 aromatic heterocycles. The number of carbonyl (C=O) groups excluding carboxylic acids is 2. The van der Waals surface area contributed by atoms with Crippen LogP contribution < -0.4 is 5.32 Å². The van der Waals surface area contributed by atoms with Crippen molar-refractivity contribution in [3.8, 4) is 0 Å². The average molecular weight is 341 g/mol. The summed E-state index contributed by atoms with van der Waals surface area (Å²) in [5.41, 5.74) is 2.53. The molecule has 25 heavy (non-hydrogen) atoms. The van der Waals surface area contributed by atoms with Gasteiger partial charge in [-0.3, -0.25) is 4.79 Å². The number of hydrogen-bond donors (Lipinski definition) is 1. The lowest BCUT2D eigenvalue weighted by atomic mass is 10.0. The molecular formula is C20H20FNO3. The number of nitrogens with one attached hydrogen (secondary N) is 1. The summed E-state index contributed by atoms with van der Waals surface area (Å²) < 4.78 is 17.6. The molecule has 130 valence electrons. The molecule has 0 saturated heterocycles. The zero-order valence-corrected chi connectivity index (χ0v) is 14.2. The van der Waals surface area contributed by atoms with Gasteiger partial charge in [0.15, 0.2) is 6.61 Å². The summed E-state index contributed by atoms with van der Waals surface area (Å²) in [5, 5.41) is 2.51. The highest BCUT2D eigenvalue weighted by atomic mass is 19.1. The van der Waals surface area contributed by atoms with Gasteiger partial charge >= 0.3 is 5.97 Å². The standard InChI is InChI=1S/C20H20FNO3/c1-14(2)16-6-3-15(4-7-16)5-12-20(24)25-13-19(23)22-18-10-8-17(21)9-11-18/h3-12,14H,13H2,1-2H3,(H,22,23). The van der Waals surface area contributed by atoms with Crippen molar-refractivity contribution >= 4 is 23.6 Å². The van der Waals surface area contributed by atoms with Crippen molar-refractivity contribution in [2.24, 2.45) is 0 Å². The first-order valence-electron chi connectivity index (χ1n) is 7.94. The zero-order valence-electron chi connectivity index (χ0n) is 14.2. The summed E-state index contributed by atoms with van der Waals surface area (Å²) in [6, 6.07) is 13.2. The van der Waals surface area contributed by atoms with Crippen LogP contribution in [-0.4, -0.2) is 18.5 Å². The number of halogens is 1. The Morgan fingerprint density at radius 3 is 2.32 bits per heavy atom. The van der Waals surface area contributed by atoms with E-state index in [2.05, 4.69) is 19.2 Å². The van der Waals surface area contributed by atoms with Crippen LogP contribution in [0.3, 0.4) is 0 Å². The molecule has 4 nitrogen and oxygen atoms in total. The molecule has 0 atom stereocenters. The Bertz CT molecular complexity index is 750. The van der Waals surface area contributed by atoms with Gasteiger partial charge in [0.1, 0.15) is 5.82 Å². The van der Waals surface area contributed by atoms with Crippen molar-refractivity contribution in [2.45, 2.75) is 19.8 Å². The highest BCUT2D eigenvalue weighted by Crippen LogP contribution is 2.15. The lowest BCUT2D eigenvalue weighted by molar-refractivity contribution is -0.142. The maximum Gasteiger partial charge on any atom is 0.331 e. The van der Waals surface area contributed by atoms with Crippen molar-refractivity contribution in [3.63, 3.8) is 0 Å². The maximum absolute atomic E-state index is 12.8. The van der Waals surface area contributed by atoms with Gasteiger partial charge in [-0.15, -0.1) is 0 Å². The van der Waals surface area contributed by atoms with E-state index in [4.69, 9.17) is 4.74 Å². The van der Waals surface area contributed by atoms with Crippen LogP contribution in [0.1, 0.15) is 30.9 Å². The predicted octanol–water partition coefficient (Wildman–Crippen LogP) is 4.14. The summed E-state index contributed by atoms with van der Waals surface area (Å²) in [4.78, 5) is 23.3. The van der Waals surface area contributed by atoms with Gasteiger partial charge in [-0.1, -0.05) is 38.1 Å². The molecule has 1 amide bonds. The van der Waals surface area contributed by atoms with Gasteiger partial charge < -0.3 is 10.1 Å². The molecule has 0 aliphatic carbocycles. The lowest BCUT2D eigenvalue weighted by Gasteiger charge is -2.05. The highest BCUT2D eigenvalue weighted by Gasteiger charge is 2.06. The first-order chi connectivity index (χ1) is 11.9. The van der Waals surface area contributed by atoms with Gasteiger partial charge in [0.2, 0.25) is 0 Å². The van der Waals surface area contributed by atoms with E-state index in [1.807, 2.05) is 24.3 Å². The van der Waals surface area contributed by atoms with Gasteiger partial charge in [0.05, 0.1) is 0 Å². The van der Waals surface area contributed by atoms with Crippen molar-refractivity contribution in [3.05, 3.63) is 71.6 Å². The number of hydrogen-bond acceptors (Lipinski definition) is 3. The van der Waals surface area contributed by atoms with Gasteiger partial charge in [-0.05, 0) is 47.4 Å². The van der Waals surface area contributed by atoms with Crippen LogP contribution in [0, 0.1) is 5.82 Å². The van der Waals surface area contributed by atoms with Crippen molar-refractivity contribution in [1.82, 2.24) is 0 Å². The van der Waals surface area contributed by atoms with E-state index in [1.165, 1.54) is 35.9 Å². The molecule has 0 aliphatic rings. The van der Waals surface area contributed by atoms with E-state index < -0.39 is 24.3 Å². The molecular weight excluding hydrogens is 321 g/mol. The molecule has 0 fully saturated rings. The van der Waals surface area contributed by atoms with Crippen molar-refractivity contribution in [2.75, 3.05) is 11.9 Å². The molecule has 0 spiro atoms. The molecule has 0 unspecified atom stereocenters. The van der Waals surface area contributed by atoms with E-state index in [-0.39, 0.29) is 0 Å². The Morgan fingerprint density at radius 1 is 1.08 bits per heavy atom. The summed E-state index contributed by atoms with van der Waals surface area (Å²) >= 11 is 0. The average Bonchev–Trinajstić information content (AvgIpc) is 2.60. The largest absolute Gasteiger partial charge is 0.452 e. The first kappa shape index (κ1) is 18.4. The van der Waals surface area contributed by atoms with Crippen LogP contribution in [0.25, 0.3) is 6.08 Å². The maximum atomic E-state index is 12.8. The van der Waals surface area contributed by atoms with Gasteiger partial charge in [0.25, 0.3) is 5.91 Å². The Morgan fingerprint density at radius 2 is 1.72 bits per heavy atom. The summed E-state index contributed by atoms with van der Waals surface area (Å²) in [6.07, 6.45) is 2.90. The number of amides is 1. The Kier molecular flexibility index (Phi) is 6.46. The Balaban J connectivity index is 1.79. The van der Waals surface area contributed by atoms with Gasteiger partial charge in [0, 0.05) is 11.8 Å². The lowest BCUT2D eigenvalue weighted by Crippen LogP contribution is -2.20. The zero-order chi connectivity index (χ0) is 18.2. The fraction of sp³-hybridized carbons (Fsp3) is 0.200. The Hall–Kier alpha value is -2.95. The van der Waals surface area contributed by atoms with E-state index >= 15 is 0 Å². The normalized spacial score (nSPS) is 10.9. The predicted molar refractivity (Wildman–Crippen MR) is 95.6 cm³/mol. The second-order valence-electron chi connectivity index (χ2n) is 5.82. The smallest absolute Gasteiger partial charge is 0.331 e. The Labute approximate surface area is 146 Å². The van der Waals surface area contributed by atoms with E-state index in [1.54, 1.807) is 6.08 Å². The minimum absolute atomic E-state index is 0.393. The topological polar surface area (TPSA) is 55.4 Å². The molecule has 0 radical (unpaired) electrons.